The molecular formula is C14H23N5. The first-order chi connectivity index (χ1) is 9.06. The van der Waals surface area contributed by atoms with Crippen molar-refractivity contribution in [1.29, 1.82) is 0 Å². The minimum Gasteiger partial charge on any atom is -0.313 e. The second kappa shape index (κ2) is 5.57. The third-order valence-corrected chi connectivity index (χ3v) is 3.80. The molecule has 0 aliphatic carbocycles. The fraction of sp³-hybridized carbons (Fsp3) is 0.571. The molecule has 5 nitrogen and oxygen atoms in total. The molecule has 1 atom stereocenters. The summed E-state index contributed by atoms with van der Waals surface area (Å²) in [4.78, 5) is 0. The van der Waals surface area contributed by atoms with Crippen LogP contribution < -0.4 is 5.32 Å². The molecule has 0 bridgehead atoms. The third-order valence-electron chi connectivity index (χ3n) is 3.80. The molecule has 1 unspecified atom stereocenters. The fourth-order valence-electron chi connectivity index (χ4n) is 2.37. The van der Waals surface area contributed by atoms with Gasteiger partial charge in [-0.15, -0.1) is 0 Å². The Bertz CT molecular complexity index is 552. The molecule has 0 spiro atoms. The van der Waals surface area contributed by atoms with Gasteiger partial charge in [0, 0.05) is 43.5 Å². The Morgan fingerprint density at radius 2 is 2.05 bits per heavy atom. The van der Waals surface area contributed by atoms with E-state index in [1.165, 1.54) is 17.0 Å². The molecule has 19 heavy (non-hydrogen) atoms. The van der Waals surface area contributed by atoms with E-state index in [1.807, 2.05) is 36.7 Å². The molecule has 0 amide bonds. The second-order valence-corrected chi connectivity index (χ2v) is 4.96. The maximum absolute atomic E-state index is 4.51. The van der Waals surface area contributed by atoms with Crippen LogP contribution in [-0.4, -0.2) is 26.6 Å². The molecule has 1 N–H and O–H groups in total. The van der Waals surface area contributed by atoms with Crippen LogP contribution in [0.1, 0.15) is 35.6 Å². The number of nitrogens with one attached hydrogen (secondary N) is 1. The van der Waals surface area contributed by atoms with Crippen LogP contribution in [-0.2, 0) is 26.9 Å². The number of hydrogen-bond acceptors (Lipinski definition) is 3. The zero-order valence-corrected chi connectivity index (χ0v) is 12.4. The maximum atomic E-state index is 4.51. The van der Waals surface area contributed by atoms with Gasteiger partial charge in [-0.05, 0) is 26.5 Å². The van der Waals surface area contributed by atoms with Gasteiger partial charge in [-0.2, -0.15) is 10.2 Å². The lowest BCUT2D eigenvalue weighted by Crippen LogP contribution is -2.20. The highest BCUT2D eigenvalue weighted by Gasteiger charge is 2.17. The van der Waals surface area contributed by atoms with Crippen LogP contribution in [0.5, 0.6) is 0 Å². The van der Waals surface area contributed by atoms with Crippen LogP contribution in [0.15, 0.2) is 12.3 Å². The Labute approximate surface area is 114 Å². The van der Waals surface area contributed by atoms with Gasteiger partial charge in [0.15, 0.2) is 0 Å². The van der Waals surface area contributed by atoms with Gasteiger partial charge >= 0.3 is 0 Å². The number of rotatable bonds is 5. The lowest BCUT2D eigenvalue weighted by molar-refractivity contribution is 0.557. The number of likely N-dealkylation sites (N-methyl/N-ethyl adjacent to an activating group) is 1. The standard InChI is InChI=1S/C14H23N5/c1-6-11-7-12(19(5)17-11)8-14(15-3)13-9-16-18(4)10(13)2/h7,9,14-15H,6,8H2,1-5H3. The quantitative estimate of drug-likeness (QED) is 0.888. The Hall–Kier alpha value is -1.62. The average molecular weight is 261 g/mol. The number of hydrogen-bond donors (Lipinski definition) is 1. The number of aromatic nitrogens is 4. The Morgan fingerprint density at radius 1 is 1.32 bits per heavy atom. The zero-order chi connectivity index (χ0) is 14.0. The minimum atomic E-state index is 0.272. The number of aryl methyl sites for hydroxylation is 3. The lowest BCUT2D eigenvalue weighted by atomic mass is 10.0. The smallest absolute Gasteiger partial charge is 0.0624 e. The Morgan fingerprint density at radius 3 is 2.53 bits per heavy atom. The van der Waals surface area contributed by atoms with Crippen molar-refractivity contribution in [3.63, 3.8) is 0 Å². The van der Waals surface area contributed by atoms with E-state index in [0.717, 1.165) is 18.5 Å². The molecule has 2 rings (SSSR count). The van der Waals surface area contributed by atoms with Gasteiger partial charge in [-0.1, -0.05) is 6.92 Å². The van der Waals surface area contributed by atoms with Crippen molar-refractivity contribution in [2.45, 2.75) is 32.7 Å². The van der Waals surface area contributed by atoms with Gasteiger partial charge in [0.2, 0.25) is 0 Å². The van der Waals surface area contributed by atoms with Crippen LogP contribution in [0, 0.1) is 6.92 Å². The van der Waals surface area contributed by atoms with E-state index in [1.54, 1.807) is 0 Å². The van der Waals surface area contributed by atoms with E-state index in [0.29, 0.717) is 0 Å². The fourth-order valence-corrected chi connectivity index (χ4v) is 2.37. The molecule has 0 saturated carbocycles. The van der Waals surface area contributed by atoms with Crippen molar-refractivity contribution < 1.29 is 0 Å². The Kier molecular flexibility index (Phi) is 4.04. The highest BCUT2D eigenvalue weighted by atomic mass is 15.3. The molecule has 0 aromatic carbocycles. The van der Waals surface area contributed by atoms with E-state index in [4.69, 9.17) is 0 Å². The van der Waals surface area contributed by atoms with E-state index < -0.39 is 0 Å². The van der Waals surface area contributed by atoms with Crippen molar-refractivity contribution in [2.24, 2.45) is 14.1 Å². The number of nitrogens with zero attached hydrogens (tertiary/aromatic N) is 4. The van der Waals surface area contributed by atoms with Crippen LogP contribution in [0.2, 0.25) is 0 Å². The van der Waals surface area contributed by atoms with E-state index >= 15 is 0 Å². The Balaban J connectivity index is 2.23. The van der Waals surface area contributed by atoms with Crippen molar-refractivity contribution in [3.05, 3.63) is 34.9 Å². The predicted octanol–water partition coefficient (Wildman–Crippen LogP) is 1.53. The van der Waals surface area contributed by atoms with Crippen LogP contribution in [0.25, 0.3) is 0 Å². The zero-order valence-electron chi connectivity index (χ0n) is 12.4. The van der Waals surface area contributed by atoms with Crippen molar-refractivity contribution in [2.75, 3.05) is 7.05 Å². The molecule has 104 valence electrons. The molecular weight excluding hydrogens is 238 g/mol. The normalized spacial score (nSPS) is 12.9. The largest absolute Gasteiger partial charge is 0.313 e. The topological polar surface area (TPSA) is 47.7 Å². The first-order valence-corrected chi connectivity index (χ1v) is 6.74. The van der Waals surface area contributed by atoms with Crippen molar-refractivity contribution >= 4 is 0 Å². The summed E-state index contributed by atoms with van der Waals surface area (Å²) in [6.07, 6.45) is 3.85. The first-order valence-electron chi connectivity index (χ1n) is 6.74. The van der Waals surface area contributed by atoms with Crippen molar-refractivity contribution in [1.82, 2.24) is 24.9 Å². The summed E-state index contributed by atoms with van der Waals surface area (Å²) in [5.74, 6) is 0. The molecule has 2 heterocycles. The van der Waals surface area contributed by atoms with Gasteiger partial charge in [0.1, 0.15) is 0 Å². The molecule has 0 saturated heterocycles. The molecule has 0 aliphatic rings. The van der Waals surface area contributed by atoms with Gasteiger partial charge in [0.05, 0.1) is 11.9 Å². The molecule has 0 radical (unpaired) electrons. The van der Waals surface area contributed by atoms with Crippen LogP contribution in [0.4, 0.5) is 0 Å². The average Bonchev–Trinajstić information content (AvgIpc) is 2.92. The first kappa shape index (κ1) is 13.8. The summed E-state index contributed by atoms with van der Waals surface area (Å²) < 4.78 is 3.90. The molecule has 5 heteroatoms. The molecule has 2 aromatic heterocycles. The summed E-state index contributed by atoms with van der Waals surface area (Å²) in [5, 5.41) is 12.2. The summed E-state index contributed by atoms with van der Waals surface area (Å²) in [6.45, 7) is 4.24. The van der Waals surface area contributed by atoms with Gasteiger partial charge in [-0.25, -0.2) is 0 Å². The third kappa shape index (κ3) is 2.71. The highest BCUT2D eigenvalue weighted by molar-refractivity contribution is 5.23. The van der Waals surface area contributed by atoms with Gasteiger partial charge in [0.25, 0.3) is 0 Å². The second-order valence-electron chi connectivity index (χ2n) is 4.96. The van der Waals surface area contributed by atoms with Crippen LogP contribution in [0.3, 0.4) is 0 Å². The summed E-state index contributed by atoms with van der Waals surface area (Å²) in [6, 6.07) is 2.46. The maximum Gasteiger partial charge on any atom is 0.0624 e. The lowest BCUT2D eigenvalue weighted by Gasteiger charge is -2.16. The summed E-state index contributed by atoms with van der Waals surface area (Å²) >= 11 is 0. The van der Waals surface area contributed by atoms with E-state index in [-0.39, 0.29) is 6.04 Å². The molecule has 2 aromatic rings. The SMILES string of the molecule is CCc1cc(CC(NC)c2cnn(C)c2C)n(C)n1. The minimum absolute atomic E-state index is 0.272. The summed E-state index contributed by atoms with van der Waals surface area (Å²) in [5.41, 5.74) is 4.86. The van der Waals surface area contributed by atoms with Crippen molar-refractivity contribution in [3.8, 4) is 0 Å². The van der Waals surface area contributed by atoms with E-state index in [2.05, 4.69) is 35.4 Å². The van der Waals surface area contributed by atoms with Gasteiger partial charge < -0.3 is 5.32 Å². The highest BCUT2D eigenvalue weighted by Crippen LogP contribution is 2.21. The van der Waals surface area contributed by atoms with E-state index in [9.17, 15) is 0 Å². The molecule has 0 fully saturated rings. The van der Waals surface area contributed by atoms with Gasteiger partial charge in [-0.3, -0.25) is 9.36 Å². The molecule has 0 aliphatic heterocycles. The monoisotopic (exact) mass is 261 g/mol. The predicted molar refractivity (Wildman–Crippen MR) is 76.0 cm³/mol. The summed E-state index contributed by atoms with van der Waals surface area (Å²) in [7, 11) is 5.98. The van der Waals surface area contributed by atoms with Crippen LogP contribution >= 0.6 is 0 Å².